The molecule has 0 aliphatic heterocycles. The fraction of sp³-hybridized carbons (Fsp3) is 0.818. The highest BCUT2D eigenvalue weighted by atomic mass is 16.5. The summed E-state index contributed by atoms with van der Waals surface area (Å²) in [5, 5.41) is 0. The van der Waals surface area contributed by atoms with Gasteiger partial charge in [0.05, 0.1) is 13.5 Å². The Labute approximate surface area is 91.6 Å². The van der Waals surface area contributed by atoms with Gasteiger partial charge in [0, 0.05) is 19.5 Å². The van der Waals surface area contributed by atoms with Crippen molar-refractivity contribution in [1.82, 2.24) is 4.90 Å². The highest BCUT2D eigenvalue weighted by Crippen LogP contribution is 2.08. The molecule has 0 saturated heterocycles. The zero-order chi connectivity index (χ0) is 11.8. The molecule has 4 heteroatoms. The Morgan fingerprint density at radius 3 is 2.47 bits per heavy atom. The van der Waals surface area contributed by atoms with Crippen LogP contribution in [0.15, 0.2) is 0 Å². The van der Waals surface area contributed by atoms with Crippen LogP contribution in [0.3, 0.4) is 0 Å². The number of esters is 1. The molecule has 0 spiro atoms. The van der Waals surface area contributed by atoms with Gasteiger partial charge >= 0.3 is 5.97 Å². The van der Waals surface area contributed by atoms with Crippen molar-refractivity contribution in [2.24, 2.45) is 5.92 Å². The molecular weight excluding hydrogens is 194 g/mol. The Balaban J connectivity index is 3.93. The van der Waals surface area contributed by atoms with Crippen molar-refractivity contribution in [1.29, 1.82) is 0 Å². The molecule has 15 heavy (non-hydrogen) atoms. The highest BCUT2D eigenvalue weighted by Gasteiger charge is 2.16. The number of nitrogens with zero attached hydrogens (tertiary/aromatic N) is 1. The molecule has 0 aromatic rings. The van der Waals surface area contributed by atoms with Gasteiger partial charge in [0.2, 0.25) is 5.91 Å². The second kappa shape index (κ2) is 7.26. The van der Waals surface area contributed by atoms with Gasteiger partial charge in [-0.25, -0.2) is 0 Å². The molecule has 1 unspecified atom stereocenters. The molecule has 0 aliphatic carbocycles. The Kier molecular flexibility index (Phi) is 6.75. The van der Waals surface area contributed by atoms with Crippen LogP contribution < -0.4 is 0 Å². The number of hydrogen-bond acceptors (Lipinski definition) is 3. The third-order valence-corrected chi connectivity index (χ3v) is 2.40. The van der Waals surface area contributed by atoms with Gasteiger partial charge < -0.3 is 9.64 Å². The van der Waals surface area contributed by atoms with Crippen LogP contribution in [0.1, 0.15) is 33.1 Å². The van der Waals surface area contributed by atoms with Crippen molar-refractivity contribution < 1.29 is 14.3 Å². The first-order valence-corrected chi connectivity index (χ1v) is 5.34. The van der Waals surface area contributed by atoms with Crippen molar-refractivity contribution in [3.63, 3.8) is 0 Å². The van der Waals surface area contributed by atoms with Crippen LogP contribution in [0.4, 0.5) is 0 Å². The summed E-state index contributed by atoms with van der Waals surface area (Å²) in [7, 11) is 3.07. The summed E-state index contributed by atoms with van der Waals surface area (Å²) in [4.78, 5) is 24.2. The molecule has 0 bridgehead atoms. The van der Waals surface area contributed by atoms with Gasteiger partial charge in [-0.05, 0) is 6.42 Å². The molecule has 0 aromatic carbocycles. The van der Waals surface area contributed by atoms with E-state index in [0.29, 0.717) is 6.54 Å². The summed E-state index contributed by atoms with van der Waals surface area (Å²) in [6, 6.07) is 0. The lowest BCUT2D eigenvalue weighted by atomic mass is 10.1. The van der Waals surface area contributed by atoms with Crippen LogP contribution in [-0.4, -0.2) is 37.5 Å². The van der Waals surface area contributed by atoms with Gasteiger partial charge in [-0.2, -0.15) is 0 Å². The smallest absolute Gasteiger partial charge is 0.307 e. The molecule has 4 nitrogen and oxygen atoms in total. The normalized spacial score (nSPS) is 12.0. The summed E-state index contributed by atoms with van der Waals surface area (Å²) in [5.74, 6) is -0.142. The number of hydrogen-bond donors (Lipinski definition) is 0. The molecule has 0 aliphatic rings. The summed E-state index contributed by atoms with van der Waals surface area (Å²) in [5.41, 5.74) is 0. The van der Waals surface area contributed by atoms with Crippen molar-refractivity contribution >= 4 is 11.9 Å². The fourth-order valence-corrected chi connectivity index (χ4v) is 1.40. The monoisotopic (exact) mass is 215 g/mol. The molecular formula is C11H21NO3. The predicted molar refractivity (Wildman–Crippen MR) is 58.3 cm³/mol. The van der Waals surface area contributed by atoms with Crippen molar-refractivity contribution in [2.45, 2.75) is 33.1 Å². The van der Waals surface area contributed by atoms with Gasteiger partial charge in [0.15, 0.2) is 0 Å². The first-order valence-electron chi connectivity index (χ1n) is 5.34. The second-order valence-electron chi connectivity index (χ2n) is 3.78. The Morgan fingerprint density at radius 1 is 1.40 bits per heavy atom. The largest absolute Gasteiger partial charge is 0.469 e. The van der Waals surface area contributed by atoms with E-state index in [9.17, 15) is 9.59 Å². The molecule has 1 atom stereocenters. The maximum absolute atomic E-state index is 11.7. The molecule has 1 amide bonds. The topological polar surface area (TPSA) is 46.6 Å². The standard InChI is InChI=1S/C11H21NO3/c1-5-6-9(2)11(14)12(3)8-7-10(13)15-4/h9H,5-8H2,1-4H3. The molecule has 0 heterocycles. The predicted octanol–water partition coefficient (Wildman–Crippen LogP) is 1.44. The van der Waals surface area contributed by atoms with E-state index in [0.717, 1.165) is 12.8 Å². The minimum Gasteiger partial charge on any atom is -0.469 e. The third kappa shape index (κ3) is 5.40. The number of rotatable bonds is 6. The molecule has 0 saturated carbocycles. The Bertz CT molecular complexity index is 216. The molecule has 0 radical (unpaired) electrons. The summed E-state index contributed by atoms with van der Waals surface area (Å²) >= 11 is 0. The minimum atomic E-state index is -0.280. The van der Waals surface area contributed by atoms with E-state index < -0.39 is 0 Å². The van der Waals surface area contributed by atoms with E-state index in [1.165, 1.54) is 7.11 Å². The van der Waals surface area contributed by atoms with Gasteiger partial charge in [-0.3, -0.25) is 9.59 Å². The third-order valence-electron chi connectivity index (χ3n) is 2.40. The van der Waals surface area contributed by atoms with Crippen LogP contribution in [0.2, 0.25) is 0 Å². The zero-order valence-corrected chi connectivity index (χ0v) is 10.1. The molecule has 0 N–H and O–H groups in total. The summed E-state index contributed by atoms with van der Waals surface area (Å²) in [6.45, 7) is 4.40. The van der Waals surface area contributed by atoms with Crippen LogP contribution in [-0.2, 0) is 14.3 Å². The van der Waals surface area contributed by atoms with Crippen molar-refractivity contribution in [2.75, 3.05) is 20.7 Å². The minimum absolute atomic E-state index is 0.0395. The highest BCUT2D eigenvalue weighted by molar-refractivity contribution is 5.79. The molecule has 88 valence electrons. The average Bonchev–Trinajstić information content (AvgIpc) is 2.24. The van der Waals surface area contributed by atoms with E-state index in [1.807, 2.05) is 6.92 Å². The average molecular weight is 215 g/mol. The molecule has 0 fully saturated rings. The van der Waals surface area contributed by atoms with E-state index in [2.05, 4.69) is 11.7 Å². The van der Waals surface area contributed by atoms with Crippen LogP contribution in [0, 0.1) is 5.92 Å². The molecule has 0 aromatic heterocycles. The fourth-order valence-electron chi connectivity index (χ4n) is 1.40. The van der Waals surface area contributed by atoms with E-state index in [4.69, 9.17) is 0 Å². The first-order chi connectivity index (χ1) is 7.02. The molecule has 0 rings (SSSR count). The number of methoxy groups -OCH3 is 1. The summed E-state index contributed by atoms with van der Waals surface area (Å²) in [6.07, 6.45) is 2.15. The maximum atomic E-state index is 11.7. The lowest BCUT2D eigenvalue weighted by Crippen LogP contribution is -2.33. The van der Waals surface area contributed by atoms with Crippen molar-refractivity contribution in [3.8, 4) is 0 Å². The van der Waals surface area contributed by atoms with Crippen molar-refractivity contribution in [3.05, 3.63) is 0 Å². The quantitative estimate of drug-likeness (QED) is 0.630. The van der Waals surface area contributed by atoms with Crippen LogP contribution >= 0.6 is 0 Å². The number of carbonyl (C=O) groups is 2. The zero-order valence-electron chi connectivity index (χ0n) is 10.1. The summed E-state index contributed by atoms with van der Waals surface area (Å²) < 4.78 is 4.51. The lowest BCUT2D eigenvalue weighted by Gasteiger charge is -2.20. The van der Waals surface area contributed by atoms with Gasteiger partial charge in [-0.15, -0.1) is 0 Å². The maximum Gasteiger partial charge on any atom is 0.307 e. The van der Waals surface area contributed by atoms with Crippen LogP contribution in [0.5, 0.6) is 0 Å². The SMILES string of the molecule is CCCC(C)C(=O)N(C)CCC(=O)OC. The van der Waals surface area contributed by atoms with Crippen LogP contribution in [0.25, 0.3) is 0 Å². The van der Waals surface area contributed by atoms with E-state index in [1.54, 1.807) is 11.9 Å². The number of amides is 1. The first kappa shape index (κ1) is 13.9. The Morgan fingerprint density at radius 2 is 2.00 bits per heavy atom. The van der Waals surface area contributed by atoms with Gasteiger partial charge in [0.25, 0.3) is 0 Å². The van der Waals surface area contributed by atoms with Gasteiger partial charge in [-0.1, -0.05) is 20.3 Å². The number of carbonyl (C=O) groups excluding carboxylic acids is 2. The second-order valence-corrected chi connectivity index (χ2v) is 3.78. The lowest BCUT2D eigenvalue weighted by molar-refractivity contribution is -0.142. The number of ether oxygens (including phenoxy) is 1. The van der Waals surface area contributed by atoms with Gasteiger partial charge in [0.1, 0.15) is 0 Å². The Hall–Kier alpha value is -1.06. The van der Waals surface area contributed by atoms with E-state index >= 15 is 0 Å². The van der Waals surface area contributed by atoms with E-state index in [-0.39, 0.29) is 24.2 Å².